The van der Waals surface area contributed by atoms with Gasteiger partial charge in [-0.1, -0.05) is 13.8 Å². The van der Waals surface area contributed by atoms with E-state index in [0.717, 1.165) is 25.1 Å². The van der Waals surface area contributed by atoms with Crippen LogP contribution in [-0.4, -0.2) is 38.3 Å². The number of nitrogens with zero attached hydrogens (tertiary/aromatic N) is 3. The van der Waals surface area contributed by atoms with E-state index in [1.165, 1.54) is 16.7 Å². The van der Waals surface area contributed by atoms with E-state index < -0.39 is 5.97 Å². The minimum atomic E-state index is -1.03. The average molecular weight is 362 g/mol. The third-order valence-electron chi connectivity index (χ3n) is 4.02. The van der Waals surface area contributed by atoms with Gasteiger partial charge in [0, 0.05) is 30.8 Å². The molecule has 0 saturated heterocycles. The molecule has 0 bridgehead atoms. The average Bonchev–Trinajstić information content (AvgIpc) is 3.11. The summed E-state index contributed by atoms with van der Waals surface area (Å²) in [7, 11) is 0. The van der Waals surface area contributed by atoms with E-state index in [0.29, 0.717) is 35.4 Å². The van der Waals surface area contributed by atoms with Crippen molar-refractivity contribution in [1.82, 2.24) is 20.1 Å². The first-order valence-electron chi connectivity index (χ1n) is 8.47. The van der Waals surface area contributed by atoms with Gasteiger partial charge in [0.15, 0.2) is 5.69 Å². The van der Waals surface area contributed by atoms with Gasteiger partial charge in [-0.05, 0) is 18.8 Å². The second-order valence-corrected chi connectivity index (χ2v) is 7.67. The third kappa shape index (κ3) is 4.25. The van der Waals surface area contributed by atoms with E-state index in [4.69, 9.17) is 5.11 Å². The summed E-state index contributed by atoms with van der Waals surface area (Å²) in [5, 5.41) is 18.4. The minimum absolute atomic E-state index is 0.0531. The van der Waals surface area contributed by atoms with Crippen LogP contribution in [-0.2, 0) is 13.0 Å². The summed E-state index contributed by atoms with van der Waals surface area (Å²) in [5.74, 6) is -0.231. The molecule has 1 aliphatic carbocycles. The summed E-state index contributed by atoms with van der Waals surface area (Å²) in [6.07, 6.45) is 4.40. The number of nitrogens with one attached hydrogen (secondary N) is 1. The molecule has 2 N–H and O–H groups in total. The van der Waals surface area contributed by atoms with Crippen molar-refractivity contribution in [3.05, 3.63) is 33.5 Å². The topological polar surface area (TPSA) is 97.1 Å². The van der Waals surface area contributed by atoms with Crippen LogP contribution in [0.15, 0.2) is 11.6 Å². The van der Waals surface area contributed by atoms with Gasteiger partial charge in [-0.2, -0.15) is 5.10 Å². The lowest BCUT2D eigenvalue weighted by molar-refractivity contribution is 0.0690. The number of hydrogen-bond acceptors (Lipinski definition) is 5. The summed E-state index contributed by atoms with van der Waals surface area (Å²) in [5.41, 5.74) is 1.76. The molecule has 25 heavy (non-hydrogen) atoms. The normalized spacial score (nSPS) is 14.0. The predicted octanol–water partition coefficient (Wildman–Crippen LogP) is 2.54. The first kappa shape index (κ1) is 17.6. The number of thiazole rings is 1. The monoisotopic (exact) mass is 362 g/mol. The molecule has 3 rings (SSSR count). The van der Waals surface area contributed by atoms with Gasteiger partial charge in [-0.25, -0.2) is 9.78 Å². The lowest BCUT2D eigenvalue weighted by Gasteiger charge is -2.11. The highest BCUT2D eigenvalue weighted by molar-refractivity contribution is 7.09. The zero-order valence-electron chi connectivity index (χ0n) is 14.4. The lowest BCUT2D eigenvalue weighted by atomic mass is 10.1. The smallest absolute Gasteiger partial charge is 0.355 e. The van der Waals surface area contributed by atoms with Crippen LogP contribution in [0.3, 0.4) is 0 Å². The molecule has 0 aromatic carbocycles. The molecule has 1 fully saturated rings. The largest absolute Gasteiger partial charge is 0.476 e. The molecular weight excluding hydrogens is 340 g/mol. The molecule has 2 aromatic rings. The SMILES string of the molecule is CC(C)Cn1ncc(C(=O)NCCc2nc(C(=O)O)cs2)c1C1CC1. The Kier molecular flexibility index (Phi) is 5.17. The number of aromatic carboxylic acids is 1. The van der Waals surface area contributed by atoms with E-state index in [1.54, 1.807) is 6.20 Å². The molecule has 134 valence electrons. The van der Waals surface area contributed by atoms with E-state index in [9.17, 15) is 9.59 Å². The van der Waals surface area contributed by atoms with Gasteiger partial charge in [0.2, 0.25) is 0 Å². The van der Waals surface area contributed by atoms with E-state index in [1.807, 2.05) is 4.68 Å². The second-order valence-electron chi connectivity index (χ2n) is 6.73. The number of hydrogen-bond donors (Lipinski definition) is 2. The Morgan fingerprint density at radius 1 is 1.44 bits per heavy atom. The standard InChI is InChI=1S/C17H22N4O3S/c1-10(2)8-21-15(11-3-4-11)12(7-19-21)16(22)18-6-5-14-20-13(9-25-14)17(23)24/h7,9-11H,3-6,8H2,1-2H3,(H,18,22)(H,23,24). The number of carboxylic acids is 1. The fraction of sp³-hybridized carbons (Fsp3) is 0.529. The van der Waals surface area contributed by atoms with Gasteiger partial charge in [-0.15, -0.1) is 11.3 Å². The summed E-state index contributed by atoms with van der Waals surface area (Å²) in [6, 6.07) is 0. The molecule has 2 heterocycles. The van der Waals surface area contributed by atoms with E-state index in [2.05, 4.69) is 29.2 Å². The molecule has 0 radical (unpaired) electrons. The van der Waals surface area contributed by atoms with Gasteiger partial charge in [0.25, 0.3) is 5.91 Å². The lowest BCUT2D eigenvalue weighted by Crippen LogP contribution is -2.26. The molecule has 1 saturated carbocycles. The van der Waals surface area contributed by atoms with Crippen molar-refractivity contribution in [1.29, 1.82) is 0 Å². The summed E-state index contributed by atoms with van der Waals surface area (Å²) < 4.78 is 1.97. The molecule has 0 spiro atoms. The Labute approximate surface area is 150 Å². The van der Waals surface area contributed by atoms with Crippen molar-refractivity contribution >= 4 is 23.2 Å². The van der Waals surface area contributed by atoms with Crippen LogP contribution in [0.1, 0.15) is 64.2 Å². The molecule has 0 atom stereocenters. The van der Waals surface area contributed by atoms with Crippen LogP contribution in [0.4, 0.5) is 0 Å². The Hall–Kier alpha value is -2.22. The van der Waals surface area contributed by atoms with Crippen molar-refractivity contribution < 1.29 is 14.7 Å². The van der Waals surface area contributed by atoms with Crippen LogP contribution in [0.2, 0.25) is 0 Å². The maximum absolute atomic E-state index is 12.5. The molecule has 1 amide bonds. The van der Waals surface area contributed by atoms with Gasteiger partial charge >= 0.3 is 5.97 Å². The second kappa shape index (κ2) is 7.35. The Morgan fingerprint density at radius 3 is 2.80 bits per heavy atom. The number of aromatic nitrogens is 3. The Morgan fingerprint density at radius 2 is 2.20 bits per heavy atom. The summed E-state index contributed by atoms with van der Waals surface area (Å²) in [6.45, 7) is 5.51. The first-order valence-corrected chi connectivity index (χ1v) is 9.35. The van der Waals surface area contributed by atoms with Crippen molar-refractivity contribution in [2.75, 3.05) is 6.54 Å². The highest BCUT2D eigenvalue weighted by Crippen LogP contribution is 2.41. The number of carbonyl (C=O) groups excluding carboxylic acids is 1. The third-order valence-corrected chi connectivity index (χ3v) is 4.93. The molecular formula is C17H22N4O3S. The maximum Gasteiger partial charge on any atom is 0.355 e. The van der Waals surface area contributed by atoms with Crippen molar-refractivity contribution in [2.45, 2.75) is 45.6 Å². The molecule has 0 aliphatic heterocycles. The van der Waals surface area contributed by atoms with Gasteiger partial charge in [0.05, 0.1) is 22.5 Å². The number of rotatable bonds is 8. The maximum atomic E-state index is 12.5. The zero-order chi connectivity index (χ0) is 18.0. The Bertz CT molecular complexity index is 777. The highest BCUT2D eigenvalue weighted by Gasteiger charge is 2.32. The molecule has 8 heteroatoms. The molecule has 1 aliphatic rings. The van der Waals surface area contributed by atoms with Crippen molar-refractivity contribution in [3.63, 3.8) is 0 Å². The van der Waals surface area contributed by atoms with Crippen LogP contribution in [0.5, 0.6) is 0 Å². The quantitative estimate of drug-likeness (QED) is 0.752. The van der Waals surface area contributed by atoms with Crippen LogP contribution >= 0.6 is 11.3 Å². The van der Waals surface area contributed by atoms with Crippen LogP contribution in [0, 0.1) is 5.92 Å². The number of amides is 1. The van der Waals surface area contributed by atoms with Crippen LogP contribution < -0.4 is 5.32 Å². The first-order chi connectivity index (χ1) is 12.0. The van der Waals surface area contributed by atoms with Crippen molar-refractivity contribution in [3.8, 4) is 0 Å². The van der Waals surface area contributed by atoms with E-state index in [-0.39, 0.29) is 11.6 Å². The van der Waals surface area contributed by atoms with Gasteiger partial charge < -0.3 is 10.4 Å². The molecule has 0 unspecified atom stereocenters. The fourth-order valence-corrected chi connectivity index (χ4v) is 3.52. The zero-order valence-corrected chi connectivity index (χ0v) is 15.2. The summed E-state index contributed by atoms with van der Waals surface area (Å²) >= 11 is 1.29. The number of carboxylic acid groups (broad SMARTS) is 1. The van der Waals surface area contributed by atoms with E-state index >= 15 is 0 Å². The Balaban J connectivity index is 1.61. The fourth-order valence-electron chi connectivity index (χ4n) is 2.75. The van der Waals surface area contributed by atoms with Crippen LogP contribution in [0.25, 0.3) is 0 Å². The predicted molar refractivity (Wildman–Crippen MR) is 94.2 cm³/mol. The minimum Gasteiger partial charge on any atom is -0.476 e. The molecule has 2 aromatic heterocycles. The van der Waals surface area contributed by atoms with Gasteiger partial charge in [0.1, 0.15) is 0 Å². The molecule has 7 nitrogen and oxygen atoms in total. The van der Waals surface area contributed by atoms with Crippen molar-refractivity contribution in [2.24, 2.45) is 5.92 Å². The summed E-state index contributed by atoms with van der Waals surface area (Å²) in [4.78, 5) is 27.4. The van der Waals surface area contributed by atoms with Gasteiger partial charge in [-0.3, -0.25) is 9.48 Å². The highest BCUT2D eigenvalue weighted by atomic mass is 32.1. The number of carbonyl (C=O) groups is 2.